The lowest BCUT2D eigenvalue weighted by Crippen LogP contribution is -2.39. The predicted octanol–water partition coefficient (Wildman–Crippen LogP) is 3.73. The number of hydrogen-bond donors (Lipinski definition) is 2. The number of benzene rings is 2. The summed E-state index contributed by atoms with van der Waals surface area (Å²) in [6.07, 6.45) is 0. The molecule has 2 aromatic rings. The molecule has 0 aliphatic heterocycles. The number of aliphatic imine (C=N–C) groups is 1. The highest BCUT2D eigenvalue weighted by Gasteiger charge is 2.06. The Morgan fingerprint density at radius 1 is 0.966 bits per heavy atom. The molecule has 0 aromatic heterocycles. The SMILES string of the molecule is CCNC(=NCc1ccc(OC)c(OC)c1)NCCOc1ccc(F)cc1F.I. The van der Waals surface area contributed by atoms with E-state index in [-0.39, 0.29) is 36.3 Å². The van der Waals surface area contributed by atoms with Crippen molar-refractivity contribution in [1.82, 2.24) is 10.6 Å². The topological polar surface area (TPSA) is 64.1 Å². The van der Waals surface area contributed by atoms with E-state index in [2.05, 4.69) is 15.6 Å². The Balaban J connectivity index is 0.00000420. The summed E-state index contributed by atoms with van der Waals surface area (Å²) in [5.74, 6) is 0.540. The van der Waals surface area contributed by atoms with Gasteiger partial charge in [-0.1, -0.05) is 6.07 Å². The number of methoxy groups -OCH3 is 2. The lowest BCUT2D eigenvalue weighted by Gasteiger charge is -2.13. The minimum absolute atomic E-state index is 0. The van der Waals surface area contributed by atoms with E-state index in [1.807, 2.05) is 25.1 Å². The fraction of sp³-hybridized carbons (Fsp3) is 0.350. The van der Waals surface area contributed by atoms with Crippen molar-refractivity contribution in [3.8, 4) is 17.2 Å². The number of guanidine groups is 1. The Hall–Kier alpha value is -2.30. The van der Waals surface area contributed by atoms with Gasteiger partial charge in [0.25, 0.3) is 0 Å². The van der Waals surface area contributed by atoms with Gasteiger partial charge < -0.3 is 24.8 Å². The monoisotopic (exact) mass is 521 g/mol. The fourth-order valence-electron chi connectivity index (χ4n) is 2.41. The van der Waals surface area contributed by atoms with E-state index in [0.29, 0.717) is 37.1 Å². The molecule has 0 unspecified atom stereocenters. The fourth-order valence-corrected chi connectivity index (χ4v) is 2.41. The van der Waals surface area contributed by atoms with E-state index in [0.717, 1.165) is 17.7 Å². The van der Waals surface area contributed by atoms with Crippen LogP contribution >= 0.6 is 24.0 Å². The molecule has 6 nitrogen and oxygen atoms in total. The van der Waals surface area contributed by atoms with Gasteiger partial charge in [-0.3, -0.25) is 0 Å². The maximum atomic E-state index is 13.5. The van der Waals surface area contributed by atoms with E-state index >= 15 is 0 Å². The van der Waals surface area contributed by atoms with Crippen LogP contribution in [0, 0.1) is 11.6 Å². The van der Waals surface area contributed by atoms with Crippen LogP contribution < -0.4 is 24.8 Å². The van der Waals surface area contributed by atoms with Crippen molar-refractivity contribution in [3.63, 3.8) is 0 Å². The normalized spacial score (nSPS) is 10.7. The number of nitrogens with one attached hydrogen (secondary N) is 2. The zero-order valence-corrected chi connectivity index (χ0v) is 19.0. The molecule has 0 radical (unpaired) electrons. The molecule has 29 heavy (non-hydrogen) atoms. The van der Waals surface area contributed by atoms with Gasteiger partial charge >= 0.3 is 0 Å². The Morgan fingerprint density at radius 3 is 2.34 bits per heavy atom. The number of ether oxygens (including phenoxy) is 3. The van der Waals surface area contributed by atoms with Crippen LogP contribution in [0.15, 0.2) is 41.4 Å². The van der Waals surface area contributed by atoms with E-state index in [9.17, 15) is 8.78 Å². The third-order valence-electron chi connectivity index (χ3n) is 3.76. The minimum atomic E-state index is -0.728. The lowest BCUT2D eigenvalue weighted by molar-refractivity contribution is 0.304. The maximum Gasteiger partial charge on any atom is 0.191 e. The third-order valence-corrected chi connectivity index (χ3v) is 3.76. The Labute approximate surface area is 186 Å². The van der Waals surface area contributed by atoms with Crippen LogP contribution in [0.1, 0.15) is 12.5 Å². The first-order valence-electron chi connectivity index (χ1n) is 8.88. The van der Waals surface area contributed by atoms with Crippen molar-refractivity contribution < 1.29 is 23.0 Å². The predicted molar refractivity (Wildman–Crippen MR) is 120 cm³/mol. The largest absolute Gasteiger partial charge is 0.493 e. The molecular weight excluding hydrogens is 495 g/mol. The summed E-state index contributed by atoms with van der Waals surface area (Å²) >= 11 is 0. The second kappa shape index (κ2) is 13.0. The smallest absolute Gasteiger partial charge is 0.191 e. The molecule has 0 aliphatic rings. The van der Waals surface area contributed by atoms with Gasteiger partial charge in [0.15, 0.2) is 29.0 Å². The molecule has 0 heterocycles. The van der Waals surface area contributed by atoms with Gasteiger partial charge in [0.05, 0.1) is 27.3 Å². The average molecular weight is 521 g/mol. The van der Waals surface area contributed by atoms with Crippen LogP contribution in [0.25, 0.3) is 0 Å². The van der Waals surface area contributed by atoms with Crippen molar-refractivity contribution in [2.75, 3.05) is 33.9 Å². The Morgan fingerprint density at radius 2 is 1.69 bits per heavy atom. The number of halogens is 3. The van der Waals surface area contributed by atoms with Crippen LogP contribution in [-0.2, 0) is 6.54 Å². The summed E-state index contributed by atoms with van der Waals surface area (Å²) in [7, 11) is 3.17. The summed E-state index contributed by atoms with van der Waals surface area (Å²) in [5.41, 5.74) is 0.958. The molecule has 2 aromatic carbocycles. The second-order valence-electron chi connectivity index (χ2n) is 5.73. The van der Waals surface area contributed by atoms with Gasteiger partial charge in [0.1, 0.15) is 12.4 Å². The van der Waals surface area contributed by atoms with Crippen LogP contribution in [-0.4, -0.2) is 39.9 Å². The van der Waals surface area contributed by atoms with Crippen molar-refractivity contribution in [3.05, 3.63) is 53.6 Å². The van der Waals surface area contributed by atoms with Gasteiger partial charge in [-0.25, -0.2) is 13.8 Å². The van der Waals surface area contributed by atoms with Crippen molar-refractivity contribution in [2.24, 2.45) is 4.99 Å². The van der Waals surface area contributed by atoms with Crippen LogP contribution in [0.5, 0.6) is 17.2 Å². The van der Waals surface area contributed by atoms with Crippen LogP contribution in [0.3, 0.4) is 0 Å². The standard InChI is InChI=1S/C20H25F2N3O3.HI/c1-4-23-20(24-9-10-28-17-8-6-15(21)12-16(17)22)25-13-14-5-7-18(26-2)19(11-14)27-3;/h5-8,11-12H,4,9-10,13H2,1-3H3,(H2,23,24,25);1H. The zero-order valence-electron chi connectivity index (χ0n) is 16.6. The van der Waals surface area contributed by atoms with E-state index < -0.39 is 11.6 Å². The van der Waals surface area contributed by atoms with E-state index in [1.165, 1.54) is 6.07 Å². The molecule has 0 saturated heterocycles. The van der Waals surface area contributed by atoms with Gasteiger partial charge in [0, 0.05) is 12.6 Å². The molecule has 0 saturated carbocycles. The van der Waals surface area contributed by atoms with Gasteiger partial charge in [0.2, 0.25) is 0 Å². The first-order chi connectivity index (χ1) is 13.6. The maximum absolute atomic E-state index is 13.5. The highest BCUT2D eigenvalue weighted by Crippen LogP contribution is 2.27. The summed E-state index contributed by atoms with van der Waals surface area (Å²) < 4.78 is 42.3. The molecule has 160 valence electrons. The van der Waals surface area contributed by atoms with Crippen LogP contribution in [0.2, 0.25) is 0 Å². The first kappa shape index (κ1) is 24.7. The molecule has 0 fully saturated rings. The van der Waals surface area contributed by atoms with E-state index in [4.69, 9.17) is 14.2 Å². The molecule has 2 rings (SSSR count). The summed E-state index contributed by atoms with van der Waals surface area (Å²) in [4.78, 5) is 4.51. The van der Waals surface area contributed by atoms with Crippen LogP contribution in [0.4, 0.5) is 8.78 Å². The highest BCUT2D eigenvalue weighted by molar-refractivity contribution is 14.0. The number of nitrogens with zero attached hydrogens (tertiary/aromatic N) is 1. The molecular formula is C20H26F2IN3O3. The Kier molecular flexibility index (Phi) is 11.1. The first-order valence-corrected chi connectivity index (χ1v) is 8.88. The molecule has 0 spiro atoms. The van der Waals surface area contributed by atoms with Crippen molar-refractivity contribution in [2.45, 2.75) is 13.5 Å². The molecule has 0 bridgehead atoms. The number of rotatable bonds is 9. The number of hydrogen-bond acceptors (Lipinski definition) is 4. The minimum Gasteiger partial charge on any atom is -0.493 e. The second-order valence-corrected chi connectivity index (χ2v) is 5.73. The highest BCUT2D eigenvalue weighted by atomic mass is 127. The van der Waals surface area contributed by atoms with Gasteiger partial charge in [-0.05, 0) is 36.8 Å². The van der Waals surface area contributed by atoms with E-state index in [1.54, 1.807) is 14.2 Å². The molecule has 0 aliphatic carbocycles. The molecule has 0 atom stereocenters. The van der Waals surface area contributed by atoms with Crippen molar-refractivity contribution in [1.29, 1.82) is 0 Å². The zero-order chi connectivity index (χ0) is 20.4. The Bertz CT molecular complexity index is 807. The van der Waals surface area contributed by atoms with Crippen molar-refractivity contribution >= 4 is 29.9 Å². The average Bonchev–Trinajstić information content (AvgIpc) is 2.70. The molecule has 0 amide bonds. The summed E-state index contributed by atoms with van der Waals surface area (Å²) in [6, 6.07) is 8.81. The third kappa shape index (κ3) is 7.92. The van der Waals surface area contributed by atoms with Gasteiger partial charge in [-0.15, -0.1) is 24.0 Å². The summed E-state index contributed by atoms with van der Waals surface area (Å²) in [6.45, 7) is 3.67. The molecule has 2 N–H and O–H groups in total. The quantitative estimate of drug-likeness (QED) is 0.228. The van der Waals surface area contributed by atoms with Gasteiger partial charge in [-0.2, -0.15) is 0 Å². The summed E-state index contributed by atoms with van der Waals surface area (Å²) in [5, 5.41) is 6.23. The lowest BCUT2D eigenvalue weighted by atomic mass is 10.2. The molecule has 9 heteroatoms.